The number of β-lactam (4-membered cyclic amide) rings is 1. The normalized spacial score (nSPS) is 34.2. The third kappa shape index (κ3) is 3.72. The quantitative estimate of drug-likeness (QED) is 0.369. The zero-order valence-electron chi connectivity index (χ0n) is 16.0. The summed E-state index contributed by atoms with van der Waals surface area (Å²) in [6, 6.07) is -0.270. The van der Waals surface area contributed by atoms with E-state index in [1.807, 2.05) is 25.9 Å². The molecule has 3 heterocycles. The summed E-state index contributed by atoms with van der Waals surface area (Å²) >= 11 is 1.50. The molecule has 6 atom stereocenters. The highest BCUT2D eigenvalue weighted by molar-refractivity contribution is 8.03. The highest BCUT2D eigenvalue weighted by Gasteiger charge is 2.60. The number of carboxylic acids is 1. The van der Waals surface area contributed by atoms with Gasteiger partial charge in [0.1, 0.15) is 5.70 Å². The molecule has 150 valence electrons. The van der Waals surface area contributed by atoms with Crippen LogP contribution in [0, 0.1) is 11.8 Å². The van der Waals surface area contributed by atoms with E-state index in [4.69, 9.17) is 4.74 Å². The van der Waals surface area contributed by atoms with Crippen LogP contribution in [0.2, 0.25) is 0 Å². The largest absolute Gasteiger partial charge is 0.477 e. The molecule has 2 saturated heterocycles. The lowest BCUT2D eigenvalue weighted by Crippen LogP contribution is -2.63. The molecule has 3 rings (SSSR count). The first-order chi connectivity index (χ1) is 12.7. The Labute approximate surface area is 163 Å². The molecule has 0 bridgehead atoms. The van der Waals surface area contributed by atoms with Gasteiger partial charge in [-0.3, -0.25) is 9.79 Å². The van der Waals surface area contributed by atoms with E-state index in [-0.39, 0.29) is 34.9 Å². The van der Waals surface area contributed by atoms with E-state index in [0.717, 1.165) is 11.3 Å². The maximum Gasteiger partial charge on any atom is 0.353 e. The monoisotopic (exact) mass is 397 g/mol. The minimum atomic E-state index is -1.09. The van der Waals surface area contributed by atoms with Gasteiger partial charge in [0.2, 0.25) is 5.91 Å². The lowest BCUT2D eigenvalue weighted by atomic mass is 9.79. The molecule has 1 amide bonds. The number of hydrogen-bond acceptors (Lipinski definition) is 6. The molecule has 0 aromatic carbocycles. The van der Waals surface area contributed by atoms with Gasteiger partial charge in [-0.15, -0.1) is 11.8 Å². The summed E-state index contributed by atoms with van der Waals surface area (Å²) < 4.78 is 5.79. The number of carbonyl (C=O) groups is 2. The van der Waals surface area contributed by atoms with Crippen LogP contribution in [0.3, 0.4) is 0 Å². The van der Waals surface area contributed by atoms with Crippen LogP contribution in [0.1, 0.15) is 20.3 Å². The molecule has 0 spiro atoms. The topological polar surface area (TPSA) is 103 Å². The second kappa shape index (κ2) is 7.81. The van der Waals surface area contributed by atoms with Gasteiger partial charge in [-0.2, -0.15) is 0 Å². The number of amides is 1. The van der Waals surface area contributed by atoms with E-state index in [0.29, 0.717) is 13.2 Å². The molecule has 8 nitrogen and oxygen atoms in total. The van der Waals surface area contributed by atoms with E-state index >= 15 is 0 Å². The Morgan fingerprint density at radius 3 is 2.81 bits per heavy atom. The molecule has 0 radical (unpaired) electrons. The van der Waals surface area contributed by atoms with Crippen LogP contribution in [0.15, 0.2) is 15.6 Å². The van der Waals surface area contributed by atoms with Crippen molar-refractivity contribution in [2.24, 2.45) is 16.8 Å². The smallest absolute Gasteiger partial charge is 0.353 e. The average molecular weight is 397 g/mol. The van der Waals surface area contributed by atoms with Gasteiger partial charge in [-0.1, -0.05) is 6.92 Å². The summed E-state index contributed by atoms with van der Waals surface area (Å²) in [6.07, 6.45) is 1.78. The summed E-state index contributed by atoms with van der Waals surface area (Å²) in [6.45, 7) is 4.63. The second-order valence-corrected chi connectivity index (χ2v) is 8.99. The van der Waals surface area contributed by atoms with E-state index in [9.17, 15) is 19.8 Å². The molecular formula is C18H27N3O5S. The Balaban J connectivity index is 1.69. The molecule has 0 aromatic rings. The Kier molecular flexibility index (Phi) is 5.83. The van der Waals surface area contributed by atoms with Crippen molar-refractivity contribution in [2.75, 3.05) is 27.2 Å². The molecule has 6 unspecified atom stereocenters. The highest BCUT2D eigenvalue weighted by atomic mass is 32.2. The lowest BCUT2D eigenvalue weighted by molar-refractivity contribution is -0.163. The van der Waals surface area contributed by atoms with Crippen LogP contribution in [-0.2, 0) is 14.3 Å². The summed E-state index contributed by atoms with van der Waals surface area (Å²) in [5, 5.41) is 19.7. The van der Waals surface area contributed by atoms with Crippen LogP contribution in [0.25, 0.3) is 0 Å². The van der Waals surface area contributed by atoms with E-state index in [1.165, 1.54) is 16.7 Å². The van der Waals surface area contributed by atoms with E-state index in [2.05, 4.69) is 4.99 Å². The van der Waals surface area contributed by atoms with Gasteiger partial charge >= 0.3 is 5.97 Å². The van der Waals surface area contributed by atoms with Gasteiger partial charge in [-0.25, -0.2) is 4.79 Å². The lowest BCUT2D eigenvalue weighted by Gasteiger charge is -2.46. The van der Waals surface area contributed by atoms with Crippen LogP contribution < -0.4 is 0 Å². The zero-order chi connectivity index (χ0) is 19.9. The van der Waals surface area contributed by atoms with Crippen LogP contribution in [-0.4, -0.2) is 89.0 Å². The average Bonchev–Trinajstić information content (AvgIpc) is 3.09. The van der Waals surface area contributed by atoms with Crippen molar-refractivity contribution in [2.45, 2.75) is 43.8 Å². The summed E-state index contributed by atoms with van der Waals surface area (Å²) in [5.41, 5.74) is 0.0773. The number of carboxylic acid groups (broad SMARTS) is 1. The summed E-state index contributed by atoms with van der Waals surface area (Å²) in [5.74, 6) is -2.02. The standard InChI is InChI=1S/C18H27N3O5S/c1-9-14-13(10(2)22)17(23)21(14)15(18(24)25)16(9)27-12-5-11(26-7-12)6-19-8-20(3)4/h8-14,22H,5-7H2,1-4H3,(H,24,25). The third-order valence-corrected chi connectivity index (χ3v) is 6.75. The first-order valence-electron chi connectivity index (χ1n) is 9.15. The molecule has 0 saturated carbocycles. The number of rotatable bonds is 7. The van der Waals surface area contributed by atoms with Gasteiger partial charge in [0, 0.05) is 30.2 Å². The number of carbonyl (C=O) groups excluding carboxylic acids is 1. The van der Waals surface area contributed by atoms with Gasteiger partial charge < -0.3 is 24.7 Å². The van der Waals surface area contributed by atoms with E-state index < -0.39 is 18.0 Å². The van der Waals surface area contributed by atoms with Crippen LogP contribution >= 0.6 is 11.8 Å². The fraction of sp³-hybridized carbons (Fsp3) is 0.722. The minimum absolute atomic E-state index is 0.0214. The molecule has 0 aliphatic carbocycles. The van der Waals surface area contributed by atoms with Crippen molar-refractivity contribution in [1.29, 1.82) is 0 Å². The first-order valence-corrected chi connectivity index (χ1v) is 10.0. The maximum atomic E-state index is 12.4. The molecule has 2 N–H and O–H groups in total. The predicted molar refractivity (Wildman–Crippen MR) is 102 cm³/mol. The number of thioether (sulfide) groups is 1. The molecule has 0 aromatic heterocycles. The molecule has 3 aliphatic heterocycles. The predicted octanol–water partition coefficient (Wildman–Crippen LogP) is 0.621. The Hall–Kier alpha value is -1.58. The molecular weight excluding hydrogens is 370 g/mol. The van der Waals surface area contributed by atoms with Gasteiger partial charge in [0.25, 0.3) is 0 Å². The Bertz CT molecular complexity index is 678. The Morgan fingerprint density at radius 1 is 1.52 bits per heavy atom. The number of ether oxygens (including phenoxy) is 1. The Morgan fingerprint density at radius 2 is 2.22 bits per heavy atom. The number of fused-ring (bicyclic) bond motifs is 1. The number of aliphatic hydroxyl groups is 1. The first kappa shape index (κ1) is 20.2. The van der Waals surface area contributed by atoms with Crippen LogP contribution in [0.5, 0.6) is 0 Å². The number of nitrogens with zero attached hydrogens (tertiary/aromatic N) is 3. The summed E-state index contributed by atoms with van der Waals surface area (Å²) in [4.78, 5) is 32.5. The van der Waals surface area contributed by atoms with Crippen molar-refractivity contribution in [1.82, 2.24) is 9.80 Å². The number of aliphatic carboxylic acids is 1. The van der Waals surface area contributed by atoms with Crippen molar-refractivity contribution in [3.63, 3.8) is 0 Å². The van der Waals surface area contributed by atoms with Crippen molar-refractivity contribution in [3.8, 4) is 0 Å². The van der Waals surface area contributed by atoms with Gasteiger partial charge in [-0.05, 0) is 13.3 Å². The second-order valence-electron chi connectivity index (χ2n) is 7.65. The summed E-state index contributed by atoms with van der Waals surface area (Å²) in [7, 11) is 3.81. The molecule has 2 fully saturated rings. The SMILES string of the molecule is CC(O)C1C(=O)N2C(C(=O)O)=C(SC3COC(CN=CN(C)C)C3)C(C)C12. The number of hydrogen-bond donors (Lipinski definition) is 2. The highest BCUT2D eigenvalue weighted by Crippen LogP contribution is 2.52. The minimum Gasteiger partial charge on any atom is -0.477 e. The third-order valence-electron chi connectivity index (χ3n) is 5.27. The molecule has 27 heavy (non-hydrogen) atoms. The molecule has 9 heteroatoms. The fourth-order valence-electron chi connectivity index (χ4n) is 4.07. The van der Waals surface area contributed by atoms with Crippen molar-refractivity contribution in [3.05, 3.63) is 10.6 Å². The fourth-order valence-corrected chi connectivity index (χ4v) is 5.54. The zero-order valence-corrected chi connectivity index (χ0v) is 16.8. The molecule has 3 aliphatic rings. The maximum absolute atomic E-state index is 12.4. The number of aliphatic imine (C=N–C) groups is 1. The van der Waals surface area contributed by atoms with Gasteiger partial charge in [0.05, 0.1) is 43.7 Å². The van der Waals surface area contributed by atoms with Crippen molar-refractivity contribution < 1.29 is 24.5 Å². The van der Waals surface area contributed by atoms with Crippen molar-refractivity contribution >= 4 is 30.0 Å². The van der Waals surface area contributed by atoms with Crippen LogP contribution in [0.4, 0.5) is 0 Å². The number of aliphatic hydroxyl groups excluding tert-OH is 1. The van der Waals surface area contributed by atoms with Gasteiger partial charge in [0.15, 0.2) is 0 Å². The van der Waals surface area contributed by atoms with E-state index in [1.54, 1.807) is 13.3 Å².